The van der Waals surface area contributed by atoms with Crippen molar-refractivity contribution in [2.75, 3.05) is 31.1 Å². The number of amides is 1. The summed E-state index contributed by atoms with van der Waals surface area (Å²) in [5.74, 6) is 1.10. The molecular weight excluding hydrogens is 296 g/mol. The van der Waals surface area contributed by atoms with E-state index in [4.69, 9.17) is 0 Å². The molecule has 2 heterocycles. The van der Waals surface area contributed by atoms with Crippen LogP contribution in [0.1, 0.15) is 33.1 Å². The van der Waals surface area contributed by atoms with E-state index in [0.29, 0.717) is 24.6 Å². The summed E-state index contributed by atoms with van der Waals surface area (Å²) in [6.07, 6.45) is 2.05. The quantitative estimate of drug-likeness (QED) is 0.780. The molecule has 2 saturated heterocycles. The Morgan fingerprint density at radius 3 is 2.75 bits per heavy atom. The molecule has 2 rings (SSSR count). The van der Waals surface area contributed by atoms with E-state index in [0.717, 1.165) is 25.3 Å². The van der Waals surface area contributed by atoms with Gasteiger partial charge in [0.15, 0.2) is 0 Å². The van der Waals surface area contributed by atoms with Gasteiger partial charge in [0.2, 0.25) is 15.9 Å². The van der Waals surface area contributed by atoms with Crippen molar-refractivity contribution in [3.8, 4) is 0 Å². The molecule has 0 spiro atoms. The van der Waals surface area contributed by atoms with Crippen molar-refractivity contribution in [3.63, 3.8) is 0 Å². The lowest BCUT2D eigenvalue weighted by molar-refractivity contribution is -0.134. The van der Waals surface area contributed by atoms with E-state index < -0.39 is 16.1 Å². The van der Waals surface area contributed by atoms with Crippen LogP contribution >= 0.6 is 11.8 Å². The summed E-state index contributed by atoms with van der Waals surface area (Å²) in [7, 11) is -3.28. The minimum Gasteiger partial charge on any atom is -0.339 e. The van der Waals surface area contributed by atoms with E-state index in [9.17, 15) is 13.2 Å². The lowest BCUT2D eigenvalue weighted by Gasteiger charge is -2.34. The van der Waals surface area contributed by atoms with Gasteiger partial charge in [-0.1, -0.05) is 13.8 Å². The van der Waals surface area contributed by atoms with Gasteiger partial charge in [-0.05, 0) is 19.3 Å². The summed E-state index contributed by atoms with van der Waals surface area (Å²) in [4.78, 5) is 14.5. The maximum atomic E-state index is 12.6. The van der Waals surface area contributed by atoms with Crippen molar-refractivity contribution >= 4 is 27.7 Å². The van der Waals surface area contributed by atoms with Crippen LogP contribution in [-0.4, -0.2) is 66.0 Å². The molecule has 0 aromatic carbocycles. The van der Waals surface area contributed by atoms with Crippen molar-refractivity contribution < 1.29 is 13.2 Å². The van der Waals surface area contributed by atoms with E-state index in [2.05, 4.69) is 6.92 Å². The Labute approximate surface area is 126 Å². The third kappa shape index (κ3) is 3.49. The molecule has 1 amide bonds. The first-order valence-electron chi connectivity index (χ1n) is 7.35. The van der Waals surface area contributed by atoms with Crippen LogP contribution < -0.4 is 0 Å². The molecule has 2 aliphatic heterocycles. The summed E-state index contributed by atoms with van der Waals surface area (Å²) in [6.45, 7) is 5.95. The second-order valence-corrected chi connectivity index (χ2v) is 9.14. The monoisotopic (exact) mass is 320 g/mol. The maximum Gasteiger partial charge on any atom is 0.241 e. The molecule has 0 aliphatic carbocycles. The van der Waals surface area contributed by atoms with Gasteiger partial charge in [-0.15, -0.1) is 0 Å². The smallest absolute Gasteiger partial charge is 0.241 e. The van der Waals surface area contributed by atoms with Crippen molar-refractivity contribution in [1.82, 2.24) is 9.21 Å². The number of sulfonamides is 1. The number of hydrogen-bond acceptors (Lipinski definition) is 4. The molecule has 2 atom stereocenters. The SMILES string of the molecule is CCCS(=O)(=O)N1CCC[C@H]1C(=O)N1CCS[C@H](C)C1. The third-order valence-electron chi connectivity index (χ3n) is 3.86. The zero-order chi connectivity index (χ0) is 14.8. The molecule has 7 heteroatoms. The number of carbonyl (C=O) groups is 1. The Hall–Kier alpha value is -0.270. The summed E-state index contributed by atoms with van der Waals surface area (Å²) < 4.78 is 25.9. The Balaban J connectivity index is 2.08. The Morgan fingerprint density at radius 2 is 2.10 bits per heavy atom. The van der Waals surface area contributed by atoms with E-state index in [1.807, 2.05) is 23.6 Å². The fourth-order valence-corrected chi connectivity index (χ4v) is 5.68. The third-order valence-corrected chi connectivity index (χ3v) is 7.07. The van der Waals surface area contributed by atoms with Crippen LogP contribution in [0.15, 0.2) is 0 Å². The number of thioether (sulfide) groups is 1. The standard InChI is InChI=1S/C13H24N2O3S2/c1-3-9-20(17,18)15-6-4-5-12(15)13(16)14-7-8-19-11(2)10-14/h11-12H,3-10H2,1-2H3/t11-,12+/m1/s1. The molecule has 0 unspecified atom stereocenters. The van der Waals surface area contributed by atoms with Crippen LogP contribution in [0.5, 0.6) is 0 Å². The highest BCUT2D eigenvalue weighted by molar-refractivity contribution is 8.00. The molecule has 2 aliphatic rings. The minimum absolute atomic E-state index is 0.00864. The highest BCUT2D eigenvalue weighted by atomic mass is 32.2. The van der Waals surface area contributed by atoms with Gasteiger partial charge >= 0.3 is 0 Å². The van der Waals surface area contributed by atoms with E-state index in [1.54, 1.807) is 0 Å². The lowest BCUT2D eigenvalue weighted by Crippen LogP contribution is -2.51. The summed E-state index contributed by atoms with van der Waals surface area (Å²) in [5.41, 5.74) is 0. The van der Waals surface area contributed by atoms with Gasteiger partial charge in [-0.2, -0.15) is 16.1 Å². The highest BCUT2D eigenvalue weighted by Gasteiger charge is 2.40. The van der Waals surface area contributed by atoms with E-state index >= 15 is 0 Å². The van der Waals surface area contributed by atoms with Crippen LogP contribution in [0, 0.1) is 0 Å². The van der Waals surface area contributed by atoms with Crippen LogP contribution in [0.2, 0.25) is 0 Å². The normalized spacial score (nSPS) is 28.8. The largest absolute Gasteiger partial charge is 0.339 e. The molecule has 0 N–H and O–H groups in total. The van der Waals surface area contributed by atoms with Crippen molar-refractivity contribution in [2.24, 2.45) is 0 Å². The Morgan fingerprint density at radius 1 is 1.35 bits per heavy atom. The highest BCUT2D eigenvalue weighted by Crippen LogP contribution is 2.26. The maximum absolute atomic E-state index is 12.6. The van der Waals surface area contributed by atoms with Crippen LogP contribution in [0.4, 0.5) is 0 Å². The Bertz CT molecular complexity index is 453. The van der Waals surface area contributed by atoms with E-state index in [-0.39, 0.29) is 11.7 Å². The molecule has 116 valence electrons. The van der Waals surface area contributed by atoms with Crippen molar-refractivity contribution in [2.45, 2.75) is 44.4 Å². The zero-order valence-electron chi connectivity index (χ0n) is 12.2. The van der Waals surface area contributed by atoms with Crippen molar-refractivity contribution in [3.05, 3.63) is 0 Å². The fourth-order valence-electron chi connectivity index (χ4n) is 2.92. The second-order valence-electron chi connectivity index (χ2n) is 5.55. The molecule has 0 aromatic heterocycles. The predicted molar refractivity (Wildman–Crippen MR) is 82.3 cm³/mol. The van der Waals surface area contributed by atoms with Crippen molar-refractivity contribution in [1.29, 1.82) is 0 Å². The van der Waals surface area contributed by atoms with Gasteiger partial charge in [0, 0.05) is 30.6 Å². The fraction of sp³-hybridized carbons (Fsp3) is 0.923. The summed E-state index contributed by atoms with van der Waals surface area (Å²) >= 11 is 1.87. The van der Waals surface area contributed by atoms with Gasteiger partial charge in [-0.25, -0.2) is 8.42 Å². The molecule has 0 bridgehead atoms. The first kappa shape index (κ1) is 16.1. The first-order valence-corrected chi connectivity index (χ1v) is 10.0. The lowest BCUT2D eigenvalue weighted by atomic mass is 10.2. The predicted octanol–water partition coefficient (Wildman–Crippen LogP) is 1.15. The molecule has 0 aromatic rings. The topological polar surface area (TPSA) is 57.7 Å². The Kier molecular flexibility index (Phi) is 5.36. The van der Waals surface area contributed by atoms with Gasteiger partial charge in [0.05, 0.1) is 5.75 Å². The molecule has 0 saturated carbocycles. The number of hydrogen-bond donors (Lipinski definition) is 0. The molecule has 5 nitrogen and oxygen atoms in total. The second kappa shape index (κ2) is 6.66. The van der Waals surface area contributed by atoms with Crippen LogP contribution in [0.25, 0.3) is 0 Å². The summed E-state index contributed by atoms with van der Waals surface area (Å²) in [6, 6.07) is -0.457. The van der Waals surface area contributed by atoms with Gasteiger partial charge in [-0.3, -0.25) is 4.79 Å². The zero-order valence-corrected chi connectivity index (χ0v) is 13.9. The average molecular weight is 320 g/mol. The number of nitrogens with zero attached hydrogens (tertiary/aromatic N) is 2. The van der Waals surface area contributed by atoms with Gasteiger partial charge in [0.1, 0.15) is 6.04 Å². The molecular formula is C13H24N2O3S2. The number of carbonyl (C=O) groups excluding carboxylic acids is 1. The average Bonchev–Trinajstić information content (AvgIpc) is 2.87. The number of rotatable bonds is 4. The molecule has 20 heavy (non-hydrogen) atoms. The first-order chi connectivity index (χ1) is 9.45. The van der Waals surface area contributed by atoms with E-state index in [1.165, 1.54) is 4.31 Å². The minimum atomic E-state index is -3.28. The van der Waals surface area contributed by atoms with Gasteiger partial charge < -0.3 is 4.90 Å². The summed E-state index contributed by atoms with van der Waals surface area (Å²) in [5, 5.41) is 0.440. The van der Waals surface area contributed by atoms with Crippen LogP contribution in [0.3, 0.4) is 0 Å². The van der Waals surface area contributed by atoms with Gasteiger partial charge in [0.25, 0.3) is 0 Å². The van der Waals surface area contributed by atoms with Crippen LogP contribution in [-0.2, 0) is 14.8 Å². The molecule has 0 radical (unpaired) electrons. The molecule has 2 fully saturated rings.